The summed E-state index contributed by atoms with van der Waals surface area (Å²) in [6.45, 7) is 16.1. The van der Waals surface area contributed by atoms with E-state index >= 15 is 0 Å². The maximum Gasteiger partial charge on any atom is 0.132 e. The van der Waals surface area contributed by atoms with E-state index in [1.807, 2.05) is 6.08 Å². The van der Waals surface area contributed by atoms with Gasteiger partial charge in [-0.1, -0.05) is 32.1 Å². The van der Waals surface area contributed by atoms with Crippen LogP contribution in [0.2, 0.25) is 0 Å². The summed E-state index contributed by atoms with van der Waals surface area (Å²) >= 11 is 0. The second-order valence-corrected chi connectivity index (χ2v) is 10.6. The molecule has 2 aliphatic rings. The van der Waals surface area contributed by atoms with Crippen LogP contribution in [0.4, 0.5) is 5.69 Å². The number of nitrogens with zero attached hydrogens (tertiary/aromatic N) is 4. The number of unbranched alkanes of at least 4 members (excludes halogenated alkanes) is 1. The molecule has 0 spiro atoms. The zero-order chi connectivity index (χ0) is 26.7. The van der Waals surface area contributed by atoms with E-state index in [2.05, 4.69) is 80.0 Å². The number of morpholine rings is 1. The van der Waals surface area contributed by atoms with Gasteiger partial charge in [-0.05, 0) is 74.8 Å². The molecule has 37 heavy (non-hydrogen) atoms. The van der Waals surface area contributed by atoms with Gasteiger partial charge in [0, 0.05) is 43.5 Å². The predicted molar refractivity (Wildman–Crippen MR) is 150 cm³/mol. The highest BCUT2D eigenvalue weighted by atomic mass is 16.5. The van der Waals surface area contributed by atoms with Gasteiger partial charge in [0.2, 0.25) is 0 Å². The van der Waals surface area contributed by atoms with Crippen molar-refractivity contribution in [2.75, 3.05) is 57.4 Å². The van der Waals surface area contributed by atoms with Crippen LogP contribution in [0.3, 0.4) is 0 Å². The third kappa shape index (κ3) is 8.49. The van der Waals surface area contributed by atoms with E-state index in [0.717, 1.165) is 94.1 Å². The van der Waals surface area contributed by atoms with Gasteiger partial charge >= 0.3 is 0 Å². The standard InChI is InChI=1S/C31H42N4O2/c1-5-35(6-2)29-12-11-26(30(20-29)37-16-8-7-13-34-14-17-36-18-15-34)10-9-25-19-27(28(23-32)24-33)22-31(3,4)21-25/h9-12,19-20H,5-8,13-18,21-22H2,1-4H3/b10-9+. The highest BCUT2D eigenvalue weighted by molar-refractivity contribution is 5.65. The minimum absolute atomic E-state index is 0.00483. The number of hydrogen-bond acceptors (Lipinski definition) is 6. The van der Waals surface area contributed by atoms with E-state index in [1.165, 1.54) is 5.69 Å². The van der Waals surface area contributed by atoms with E-state index in [-0.39, 0.29) is 11.0 Å². The van der Waals surface area contributed by atoms with Gasteiger partial charge in [-0.2, -0.15) is 10.5 Å². The van der Waals surface area contributed by atoms with Gasteiger partial charge in [-0.15, -0.1) is 0 Å². The van der Waals surface area contributed by atoms with E-state index in [9.17, 15) is 10.5 Å². The van der Waals surface area contributed by atoms with Crippen LogP contribution in [-0.4, -0.2) is 57.4 Å². The van der Waals surface area contributed by atoms with Gasteiger partial charge in [0.25, 0.3) is 0 Å². The summed E-state index contributed by atoms with van der Waals surface area (Å²) < 4.78 is 11.8. The number of nitriles is 2. The fourth-order valence-electron chi connectivity index (χ4n) is 5.11. The Labute approximate surface area is 223 Å². The Kier molecular flexibility index (Phi) is 10.8. The number of ether oxygens (including phenoxy) is 2. The SMILES string of the molecule is CCN(CC)c1ccc(/C=C/C2=CC(=C(C#N)C#N)CC(C)(C)C2)c(OCCCCN2CCOCC2)c1. The molecule has 6 heteroatoms. The first-order valence-electron chi connectivity index (χ1n) is 13.6. The second-order valence-electron chi connectivity index (χ2n) is 10.6. The molecule has 1 saturated heterocycles. The van der Waals surface area contributed by atoms with Crippen molar-refractivity contribution in [2.45, 2.75) is 53.4 Å². The van der Waals surface area contributed by atoms with Gasteiger partial charge in [-0.25, -0.2) is 0 Å². The van der Waals surface area contributed by atoms with Crippen LogP contribution in [0.15, 0.2) is 47.1 Å². The number of hydrogen-bond donors (Lipinski definition) is 0. The molecule has 1 aromatic carbocycles. The third-order valence-electron chi connectivity index (χ3n) is 7.09. The van der Waals surface area contributed by atoms with E-state index < -0.39 is 0 Å². The average Bonchev–Trinajstić information content (AvgIpc) is 2.89. The Balaban J connectivity index is 1.76. The van der Waals surface area contributed by atoms with Crippen molar-refractivity contribution in [1.29, 1.82) is 10.5 Å². The quantitative estimate of drug-likeness (QED) is 0.268. The molecule has 0 radical (unpaired) electrons. The first kappa shape index (κ1) is 28.5. The maximum absolute atomic E-state index is 9.38. The summed E-state index contributed by atoms with van der Waals surface area (Å²) in [5, 5.41) is 18.8. The van der Waals surface area contributed by atoms with Gasteiger partial charge in [0.05, 0.1) is 19.8 Å². The molecule has 1 fully saturated rings. The molecule has 1 heterocycles. The Morgan fingerprint density at radius 2 is 1.81 bits per heavy atom. The molecule has 1 aliphatic heterocycles. The lowest BCUT2D eigenvalue weighted by Crippen LogP contribution is -2.36. The molecule has 198 valence electrons. The summed E-state index contributed by atoms with van der Waals surface area (Å²) in [7, 11) is 0. The summed E-state index contributed by atoms with van der Waals surface area (Å²) in [4.78, 5) is 4.79. The highest BCUT2D eigenvalue weighted by Gasteiger charge is 2.26. The normalized spacial score (nSPS) is 17.7. The largest absolute Gasteiger partial charge is 0.493 e. The van der Waals surface area contributed by atoms with Crippen molar-refractivity contribution in [3.8, 4) is 17.9 Å². The molecule has 1 aromatic rings. The zero-order valence-corrected chi connectivity index (χ0v) is 23.1. The van der Waals surface area contributed by atoms with Crippen molar-refractivity contribution in [3.63, 3.8) is 0 Å². The molecule has 0 unspecified atom stereocenters. The van der Waals surface area contributed by atoms with Crippen molar-refractivity contribution in [2.24, 2.45) is 5.41 Å². The molecule has 0 atom stereocenters. The highest BCUT2D eigenvalue weighted by Crippen LogP contribution is 2.40. The van der Waals surface area contributed by atoms with Crippen LogP contribution in [0.25, 0.3) is 6.08 Å². The Morgan fingerprint density at radius 3 is 2.49 bits per heavy atom. The van der Waals surface area contributed by atoms with Crippen LogP contribution < -0.4 is 9.64 Å². The number of anilines is 1. The van der Waals surface area contributed by atoms with Crippen molar-refractivity contribution in [1.82, 2.24) is 4.90 Å². The lowest BCUT2D eigenvalue weighted by atomic mass is 9.74. The lowest BCUT2D eigenvalue weighted by Gasteiger charge is -2.30. The van der Waals surface area contributed by atoms with E-state index in [4.69, 9.17) is 9.47 Å². The summed E-state index contributed by atoms with van der Waals surface area (Å²) in [6, 6.07) is 10.6. The number of allylic oxidation sites excluding steroid dienone is 5. The van der Waals surface area contributed by atoms with Crippen molar-refractivity contribution in [3.05, 3.63) is 52.6 Å². The Hall–Kier alpha value is -3.06. The molecule has 0 amide bonds. The minimum Gasteiger partial charge on any atom is -0.493 e. The third-order valence-corrected chi connectivity index (χ3v) is 7.09. The molecule has 1 aliphatic carbocycles. The smallest absolute Gasteiger partial charge is 0.132 e. The van der Waals surface area contributed by atoms with Crippen molar-refractivity contribution >= 4 is 11.8 Å². The Morgan fingerprint density at radius 1 is 1.08 bits per heavy atom. The van der Waals surface area contributed by atoms with E-state index in [1.54, 1.807) is 0 Å². The predicted octanol–water partition coefficient (Wildman–Crippen LogP) is 6.13. The van der Waals surface area contributed by atoms with Crippen LogP contribution >= 0.6 is 0 Å². The summed E-state index contributed by atoms with van der Waals surface area (Å²) in [6.07, 6.45) is 9.99. The number of benzene rings is 1. The maximum atomic E-state index is 9.38. The van der Waals surface area contributed by atoms with Gasteiger partial charge in [-0.3, -0.25) is 4.90 Å². The lowest BCUT2D eigenvalue weighted by molar-refractivity contribution is 0.0368. The molecule has 0 bridgehead atoms. The molecular formula is C31H42N4O2. The van der Waals surface area contributed by atoms with Crippen LogP contribution in [0.1, 0.15) is 58.9 Å². The minimum atomic E-state index is -0.00483. The fourth-order valence-corrected chi connectivity index (χ4v) is 5.11. The summed E-state index contributed by atoms with van der Waals surface area (Å²) in [5.74, 6) is 0.896. The van der Waals surface area contributed by atoms with Crippen LogP contribution in [0.5, 0.6) is 5.75 Å². The molecule has 0 N–H and O–H groups in total. The molecule has 0 aromatic heterocycles. The monoisotopic (exact) mass is 502 g/mol. The summed E-state index contributed by atoms with van der Waals surface area (Å²) in [5.41, 5.74) is 4.37. The zero-order valence-electron chi connectivity index (χ0n) is 23.1. The van der Waals surface area contributed by atoms with Crippen molar-refractivity contribution < 1.29 is 9.47 Å². The fraction of sp³-hybridized carbons (Fsp3) is 0.548. The first-order valence-corrected chi connectivity index (χ1v) is 13.6. The molecule has 3 rings (SSSR count). The average molecular weight is 503 g/mol. The first-order chi connectivity index (χ1) is 17.9. The Bertz CT molecular complexity index is 1060. The van der Waals surface area contributed by atoms with E-state index in [0.29, 0.717) is 6.61 Å². The van der Waals surface area contributed by atoms with Gasteiger partial charge in [0.1, 0.15) is 23.5 Å². The second kappa shape index (κ2) is 14.0. The number of rotatable bonds is 11. The van der Waals surface area contributed by atoms with Gasteiger partial charge in [0.15, 0.2) is 0 Å². The topological polar surface area (TPSA) is 72.5 Å². The molecule has 0 saturated carbocycles. The van der Waals surface area contributed by atoms with Gasteiger partial charge < -0.3 is 14.4 Å². The molecular weight excluding hydrogens is 460 g/mol. The molecule has 6 nitrogen and oxygen atoms in total. The van der Waals surface area contributed by atoms with Crippen LogP contribution in [0, 0.1) is 28.1 Å². The van der Waals surface area contributed by atoms with Crippen LogP contribution in [-0.2, 0) is 4.74 Å².